The number of methoxy groups -OCH3 is 2. The Morgan fingerprint density at radius 3 is 1.97 bits per heavy atom. The van der Waals surface area contributed by atoms with Crippen LogP contribution in [0.25, 0.3) is 22.5 Å². The summed E-state index contributed by atoms with van der Waals surface area (Å²) >= 11 is 0. The molecule has 0 spiro atoms. The highest BCUT2D eigenvalue weighted by molar-refractivity contribution is 5.80. The van der Waals surface area contributed by atoms with Crippen molar-refractivity contribution in [3.05, 3.63) is 54.2 Å². The maximum atomic E-state index is 11.2. The zero-order valence-corrected chi connectivity index (χ0v) is 21.0. The van der Waals surface area contributed by atoms with E-state index in [1.54, 1.807) is 21.1 Å². The number of Topliss-reactive ketones (excluding diaryl/α,β-unsaturated/α-hetero) is 1. The molecule has 6 nitrogen and oxygen atoms in total. The maximum absolute atomic E-state index is 11.2. The van der Waals surface area contributed by atoms with Crippen LogP contribution < -0.4 is 14.4 Å². The van der Waals surface area contributed by atoms with Crippen molar-refractivity contribution in [2.24, 2.45) is 0 Å². The molecule has 0 radical (unpaired) electrons. The van der Waals surface area contributed by atoms with Crippen LogP contribution in [0.4, 0.5) is 5.82 Å². The molecule has 0 amide bonds. The fraction of sp³-hybridized carbons (Fsp3) is 0.414. The van der Waals surface area contributed by atoms with Gasteiger partial charge in [0, 0.05) is 30.6 Å². The molecule has 35 heavy (non-hydrogen) atoms. The fourth-order valence-corrected chi connectivity index (χ4v) is 4.57. The second-order valence-electron chi connectivity index (χ2n) is 9.10. The molecule has 4 rings (SSSR count). The molecule has 0 fully saturated rings. The predicted molar refractivity (Wildman–Crippen MR) is 140 cm³/mol. The molecule has 0 unspecified atom stereocenters. The van der Waals surface area contributed by atoms with Crippen LogP contribution >= 0.6 is 0 Å². The topological polar surface area (TPSA) is 64.6 Å². The summed E-state index contributed by atoms with van der Waals surface area (Å²) in [7, 11) is 3.35. The van der Waals surface area contributed by atoms with Crippen molar-refractivity contribution in [1.82, 2.24) is 9.97 Å². The fourth-order valence-electron chi connectivity index (χ4n) is 4.57. The minimum Gasteiger partial charge on any atom is -0.497 e. The Balaban J connectivity index is 1.63. The molecule has 184 valence electrons. The van der Waals surface area contributed by atoms with Gasteiger partial charge < -0.3 is 19.2 Å². The Labute approximate surface area is 208 Å². The van der Waals surface area contributed by atoms with Crippen molar-refractivity contribution in [3.63, 3.8) is 0 Å². The van der Waals surface area contributed by atoms with Crippen LogP contribution in [0.15, 0.2) is 48.5 Å². The number of nitrogens with zero attached hydrogens (tertiary/aromatic N) is 3. The molecular weight excluding hydrogens is 438 g/mol. The van der Waals surface area contributed by atoms with Crippen LogP contribution in [-0.2, 0) is 11.2 Å². The molecule has 1 aliphatic heterocycles. The molecule has 0 saturated heterocycles. The molecule has 2 aromatic carbocycles. The quantitative estimate of drug-likeness (QED) is 0.313. The number of hydrogen-bond acceptors (Lipinski definition) is 6. The van der Waals surface area contributed by atoms with Crippen molar-refractivity contribution >= 4 is 11.6 Å². The molecule has 0 bridgehead atoms. The highest BCUT2D eigenvalue weighted by Crippen LogP contribution is 2.35. The lowest BCUT2D eigenvalue weighted by molar-refractivity contribution is -0.117. The summed E-state index contributed by atoms with van der Waals surface area (Å²) < 4.78 is 10.7. The summed E-state index contributed by atoms with van der Waals surface area (Å²) in [6, 6.07) is 16.0. The summed E-state index contributed by atoms with van der Waals surface area (Å²) in [6.45, 7) is 3.63. The number of aromatic nitrogens is 2. The van der Waals surface area contributed by atoms with Gasteiger partial charge in [0.1, 0.15) is 17.3 Å². The van der Waals surface area contributed by atoms with Crippen molar-refractivity contribution in [1.29, 1.82) is 0 Å². The zero-order chi connectivity index (χ0) is 24.6. The van der Waals surface area contributed by atoms with Crippen LogP contribution in [-0.4, -0.2) is 43.1 Å². The van der Waals surface area contributed by atoms with E-state index < -0.39 is 0 Å². The lowest BCUT2D eigenvalue weighted by Gasteiger charge is -2.30. The number of unbranched alkanes of at least 4 members (excludes halogenated alkanes) is 3. The SMILES string of the molecule is COc1ccc(-c2nc3c(nc2-c2ccc(OC)cc2)N(CCCCCCC(C)=O)CCC3)cc1. The van der Waals surface area contributed by atoms with E-state index in [0.29, 0.717) is 6.42 Å². The summed E-state index contributed by atoms with van der Waals surface area (Å²) in [5, 5.41) is 0. The average molecular weight is 474 g/mol. The predicted octanol–water partition coefficient (Wildman–Crippen LogP) is 6.12. The summed E-state index contributed by atoms with van der Waals surface area (Å²) in [4.78, 5) is 24.0. The van der Waals surface area contributed by atoms with Gasteiger partial charge in [-0.1, -0.05) is 12.8 Å². The van der Waals surface area contributed by atoms with E-state index >= 15 is 0 Å². The molecule has 1 aromatic heterocycles. The number of carbonyl (C=O) groups excluding carboxylic acids is 1. The van der Waals surface area contributed by atoms with Gasteiger partial charge in [0.25, 0.3) is 0 Å². The number of rotatable bonds is 11. The molecule has 1 aliphatic rings. The van der Waals surface area contributed by atoms with E-state index in [4.69, 9.17) is 19.4 Å². The van der Waals surface area contributed by atoms with Gasteiger partial charge in [-0.25, -0.2) is 9.97 Å². The maximum Gasteiger partial charge on any atom is 0.151 e. The minimum atomic E-state index is 0.281. The van der Waals surface area contributed by atoms with Crippen LogP contribution in [0.3, 0.4) is 0 Å². The lowest BCUT2D eigenvalue weighted by Crippen LogP contribution is -2.32. The highest BCUT2D eigenvalue weighted by Gasteiger charge is 2.23. The van der Waals surface area contributed by atoms with Gasteiger partial charge in [-0.3, -0.25) is 0 Å². The van der Waals surface area contributed by atoms with E-state index in [1.807, 2.05) is 48.5 Å². The summed E-state index contributed by atoms with van der Waals surface area (Å²) in [6.07, 6.45) is 7.01. The number of carbonyl (C=O) groups is 1. The van der Waals surface area contributed by atoms with Crippen molar-refractivity contribution in [2.45, 2.75) is 51.9 Å². The third-order valence-electron chi connectivity index (χ3n) is 6.52. The Bertz CT molecular complexity index is 1130. The number of benzene rings is 2. The third kappa shape index (κ3) is 6.18. The van der Waals surface area contributed by atoms with Gasteiger partial charge >= 0.3 is 0 Å². The van der Waals surface area contributed by atoms with Gasteiger partial charge in [-0.15, -0.1) is 0 Å². The van der Waals surface area contributed by atoms with E-state index in [2.05, 4.69) is 4.90 Å². The smallest absolute Gasteiger partial charge is 0.151 e. The van der Waals surface area contributed by atoms with Gasteiger partial charge in [-0.05, 0) is 81.1 Å². The van der Waals surface area contributed by atoms with E-state index in [0.717, 1.165) is 97.1 Å². The van der Waals surface area contributed by atoms with Crippen molar-refractivity contribution in [2.75, 3.05) is 32.2 Å². The number of anilines is 1. The summed E-state index contributed by atoms with van der Waals surface area (Å²) in [5.74, 6) is 2.92. The first-order valence-corrected chi connectivity index (χ1v) is 12.5. The first-order valence-electron chi connectivity index (χ1n) is 12.5. The zero-order valence-electron chi connectivity index (χ0n) is 21.0. The number of fused-ring (bicyclic) bond motifs is 1. The molecule has 3 aromatic rings. The van der Waals surface area contributed by atoms with Crippen LogP contribution in [0.1, 0.15) is 51.1 Å². The Kier molecular flexibility index (Phi) is 8.35. The van der Waals surface area contributed by atoms with Crippen molar-refractivity contribution in [3.8, 4) is 34.0 Å². The van der Waals surface area contributed by atoms with E-state index in [-0.39, 0.29) is 5.78 Å². The molecule has 0 atom stereocenters. The molecule has 2 heterocycles. The number of ketones is 1. The minimum absolute atomic E-state index is 0.281. The third-order valence-corrected chi connectivity index (χ3v) is 6.52. The lowest BCUT2D eigenvalue weighted by atomic mass is 10.0. The Morgan fingerprint density at radius 1 is 0.829 bits per heavy atom. The first kappa shape index (κ1) is 24.7. The Hall–Kier alpha value is -3.41. The van der Waals surface area contributed by atoms with Crippen LogP contribution in [0.5, 0.6) is 11.5 Å². The Morgan fingerprint density at radius 2 is 1.40 bits per heavy atom. The first-order chi connectivity index (χ1) is 17.1. The average Bonchev–Trinajstić information content (AvgIpc) is 2.90. The van der Waals surface area contributed by atoms with E-state index in [1.165, 1.54) is 0 Å². The number of hydrogen-bond donors (Lipinski definition) is 0. The van der Waals surface area contributed by atoms with Gasteiger partial charge in [0.15, 0.2) is 5.82 Å². The second-order valence-corrected chi connectivity index (χ2v) is 9.10. The normalized spacial score (nSPS) is 12.8. The van der Waals surface area contributed by atoms with E-state index in [9.17, 15) is 4.79 Å². The van der Waals surface area contributed by atoms with Crippen LogP contribution in [0, 0.1) is 0 Å². The van der Waals surface area contributed by atoms with Crippen molar-refractivity contribution < 1.29 is 14.3 Å². The van der Waals surface area contributed by atoms with Gasteiger partial charge in [0.05, 0.1) is 31.3 Å². The van der Waals surface area contributed by atoms with Gasteiger partial charge in [0.2, 0.25) is 0 Å². The second kappa shape index (κ2) is 11.8. The van der Waals surface area contributed by atoms with Gasteiger partial charge in [-0.2, -0.15) is 0 Å². The monoisotopic (exact) mass is 473 g/mol. The number of aryl methyl sites for hydroxylation is 1. The molecule has 0 N–H and O–H groups in total. The molecule has 0 aliphatic carbocycles. The number of ether oxygens (including phenoxy) is 2. The molecule has 0 saturated carbocycles. The largest absolute Gasteiger partial charge is 0.497 e. The standard InChI is InChI=1S/C29H35N3O3/c1-21(33)9-6-4-5-7-19-32-20-8-10-26-29(32)31-28(23-13-17-25(35-3)18-14-23)27(30-26)22-11-15-24(34-2)16-12-22/h11-18H,4-10,19-20H2,1-3H3. The molecular formula is C29H35N3O3. The molecule has 6 heteroatoms. The summed E-state index contributed by atoms with van der Waals surface area (Å²) in [5.41, 5.74) is 4.87. The van der Waals surface area contributed by atoms with Crippen LogP contribution in [0.2, 0.25) is 0 Å². The highest BCUT2D eigenvalue weighted by atomic mass is 16.5.